The fourth-order valence-electron chi connectivity index (χ4n) is 2.54. The monoisotopic (exact) mass is 271 g/mol. The Morgan fingerprint density at radius 3 is 2.30 bits per heavy atom. The summed E-state index contributed by atoms with van der Waals surface area (Å²) in [4.78, 5) is 0. The molecule has 3 heteroatoms. The van der Waals surface area contributed by atoms with Crippen LogP contribution >= 0.6 is 0 Å². The van der Waals surface area contributed by atoms with E-state index in [0.717, 1.165) is 0 Å². The molecule has 0 radical (unpaired) electrons. The highest BCUT2D eigenvalue weighted by Gasteiger charge is 2.15. The summed E-state index contributed by atoms with van der Waals surface area (Å²) in [5.74, 6) is 0. The zero-order valence-electron chi connectivity index (χ0n) is 13.4. The molecule has 108 valence electrons. The van der Waals surface area contributed by atoms with E-state index in [4.69, 9.17) is 0 Å². The molecule has 3 nitrogen and oxygen atoms in total. The van der Waals surface area contributed by atoms with Crippen LogP contribution in [0.1, 0.15) is 53.9 Å². The number of rotatable bonds is 4. The van der Waals surface area contributed by atoms with Crippen LogP contribution in [-0.4, -0.2) is 9.78 Å². The third kappa shape index (κ3) is 2.93. The van der Waals surface area contributed by atoms with Gasteiger partial charge in [-0.15, -0.1) is 0 Å². The topological polar surface area (TPSA) is 29.9 Å². The van der Waals surface area contributed by atoms with Gasteiger partial charge < -0.3 is 5.32 Å². The van der Waals surface area contributed by atoms with Gasteiger partial charge in [0, 0.05) is 30.4 Å². The molecule has 0 aliphatic carbocycles. The summed E-state index contributed by atoms with van der Waals surface area (Å²) in [7, 11) is 1.98. The fraction of sp³-hybridized carbons (Fsp3) is 0.471. The highest BCUT2D eigenvalue weighted by molar-refractivity contribution is 5.32. The third-order valence-corrected chi connectivity index (χ3v) is 4.27. The molecule has 0 saturated carbocycles. The zero-order chi connectivity index (χ0) is 14.9. The van der Waals surface area contributed by atoms with Crippen LogP contribution in [0.4, 0.5) is 0 Å². The van der Waals surface area contributed by atoms with Crippen LogP contribution in [0.2, 0.25) is 0 Å². The van der Waals surface area contributed by atoms with Crippen molar-refractivity contribution in [3.8, 4) is 0 Å². The van der Waals surface area contributed by atoms with Crippen LogP contribution < -0.4 is 5.32 Å². The highest BCUT2D eigenvalue weighted by atomic mass is 15.3. The Kier molecular flexibility index (Phi) is 4.29. The van der Waals surface area contributed by atoms with E-state index >= 15 is 0 Å². The first-order valence-electron chi connectivity index (χ1n) is 7.22. The Morgan fingerprint density at radius 1 is 1.05 bits per heavy atom. The maximum absolute atomic E-state index is 4.32. The van der Waals surface area contributed by atoms with Crippen LogP contribution in [-0.2, 0) is 7.05 Å². The van der Waals surface area contributed by atoms with Gasteiger partial charge in [0.2, 0.25) is 0 Å². The first-order valence-corrected chi connectivity index (χ1v) is 7.22. The molecule has 0 amide bonds. The number of hydrogen-bond acceptors (Lipinski definition) is 2. The summed E-state index contributed by atoms with van der Waals surface area (Å²) in [5.41, 5.74) is 6.51. The second kappa shape index (κ2) is 5.80. The molecule has 1 aromatic carbocycles. The first-order chi connectivity index (χ1) is 9.40. The van der Waals surface area contributed by atoms with Crippen LogP contribution in [0.15, 0.2) is 24.4 Å². The molecule has 2 aromatic rings. The zero-order valence-corrected chi connectivity index (χ0v) is 13.4. The smallest absolute Gasteiger partial charge is 0.0540 e. The summed E-state index contributed by atoms with van der Waals surface area (Å²) in [6.45, 7) is 10.8. The minimum Gasteiger partial charge on any atom is -0.304 e. The predicted octanol–water partition coefficient (Wildman–Crippen LogP) is 3.76. The largest absolute Gasteiger partial charge is 0.304 e. The van der Waals surface area contributed by atoms with Crippen molar-refractivity contribution in [1.82, 2.24) is 15.1 Å². The molecule has 0 bridgehead atoms. The number of benzene rings is 1. The average molecular weight is 271 g/mol. The van der Waals surface area contributed by atoms with E-state index in [9.17, 15) is 0 Å². The molecule has 1 aromatic heterocycles. The van der Waals surface area contributed by atoms with Crippen molar-refractivity contribution >= 4 is 0 Å². The maximum Gasteiger partial charge on any atom is 0.0540 e. The second-order valence-electron chi connectivity index (χ2n) is 5.76. The van der Waals surface area contributed by atoms with Gasteiger partial charge in [0.25, 0.3) is 0 Å². The normalized spacial score (nSPS) is 14.3. The van der Waals surface area contributed by atoms with E-state index in [-0.39, 0.29) is 0 Å². The Morgan fingerprint density at radius 2 is 1.75 bits per heavy atom. The number of nitrogens with one attached hydrogen (secondary N) is 1. The van der Waals surface area contributed by atoms with Crippen molar-refractivity contribution in [1.29, 1.82) is 0 Å². The lowest BCUT2D eigenvalue weighted by atomic mass is 10.0. The van der Waals surface area contributed by atoms with Crippen molar-refractivity contribution < 1.29 is 0 Å². The van der Waals surface area contributed by atoms with Gasteiger partial charge in [-0.1, -0.05) is 18.2 Å². The van der Waals surface area contributed by atoms with E-state index in [1.165, 1.54) is 27.9 Å². The van der Waals surface area contributed by atoms with Crippen LogP contribution in [0, 0.1) is 20.8 Å². The lowest BCUT2D eigenvalue weighted by Gasteiger charge is -2.21. The summed E-state index contributed by atoms with van der Waals surface area (Å²) in [6, 6.07) is 7.30. The molecule has 0 spiro atoms. The molecule has 0 fully saturated rings. The van der Waals surface area contributed by atoms with Gasteiger partial charge in [0.05, 0.1) is 6.20 Å². The van der Waals surface area contributed by atoms with E-state index in [0.29, 0.717) is 12.1 Å². The summed E-state index contributed by atoms with van der Waals surface area (Å²) < 4.78 is 1.92. The van der Waals surface area contributed by atoms with E-state index in [1.54, 1.807) is 0 Å². The van der Waals surface area contributed by atoms with Gasteiger partial charge >= 0.3 is 0 Å². The molecule has 0 aliphatic heterocycles. The number of aryl methyl sites for hydroxylation is 3. The van der Waals surface area contributed by atoms with Gasteiger partial charge in [-0.05, 0) is 51.3 Å². The van der Waals surface area contributed by atoms with Gasteiger partial charge in [0.15, 0.2) is 0 Å². The Hall–Kier alpha value is -1.61. The minimum absolute atomic E-state index is 0.292. The summed E-state index contributed by atoms with van der Waals surface area (Å²) in [6.07, 6.45) is 1.96. The third-order valence-electron chi connectivity index (χ3n) is 4.27. The van der Waals surface area contributed by atoms with E-state index < -0.39 is 0 Å². The van der Waals surface area contributed by atoms with Gasteiger partial charge in [0.1, 0.15) is 0 Å². The van der Waals surface area contributed by atoms with Crippen LogP contribution in [0.5, 0.6) is 0 Å². The van der Waals surface area contributed by atoms with Gasteiger partial charge in [-0.3, -0.25) is 4.68 Å². The van der Waals surface area contributed by atoms with Gasteiger partial charge in [-0.25, -0.2) is 0 Å². The lowest BCUT2D eigenvalue weighted by Crippen LogP contribution is -2.23. The van der Waals surface area contributed by atoms with Crippen LogP contribution in [0.25, 0.3) is 0 Å². The molecular formula is C17H25N3. The number of nitrogens with zero attached hydrogens (tertiary/aromatic N) is 2. The molecule has 20 heavy (non-hydrogen) atoms. The number of hydrogen-bond donors (Lipinski definition) is 1. The second-order valence-corrected chi connectivity index (χ2v) is 5.76. The Labute approximate surface area is 122 Å². The van der Waals surface area contributed by atoms with Crippen molar-refractivity contribution in [2.75, 3.05) is 0 Å². The molecule has 0 saturated heterocycles. The van der Waals surface area contributed by atoms with E-state index in [2.05, 4.69) is 63.2 Å². The molecular weight excluding hydrogens is 246 g/mol. The highest BCUT2D eigenvalue weighted by Crippen LogP contribution is 2.22. The fourth-order valence-corrected chi connectivity index (χ4v) is 2.54. The Balaban J connectivity index is 2.12. The molecule has 2 atom stereocenters. The maximum atomic E-state index is 4.32. The standard InChI is InChI=1S/C17H25N3/c1-11-7-8-16(9-12(11)2)13(3)19-14(4)17-10-18-20(6)15(17)5/h7-10,13-14,19H,1-6H3. The first kappa shape index (κ1) is 14.8. The number of aromatic nitrogens is 2. The average Bonchev–Trinajstić information content (AvgIpc) is 2.73. The SMILES string of the molecule is Cc1ccc(C(C)NC(C)c2cnn(C)c2C)cc1C. The molecule has 1 heterocycles. The van der Waals surface area contributed by atoms with Crippen molar-refractivity contribution in [3.05, 3.63) is 52.3 Å². The quantitative estimate of drug-likeness (QED) is 0.917. The molecule has 0 aliphatic rings. The van der Waals surface area contributed by atoms with Gasteiger partial charge in [-0.2, -0.15) is 5.10 Å². The Bertz CT molecular complexity index is 598. The molecule has 1 N–H and O–H groups in total. The van der Waals surface area contributed by atoms with Crippen LogP contribution in [0.3, 0.4) is 0 Å². The molecule has 2 rings (SSSR count). The summed E-state index contributed by atoms with van der Waals surface area (Å²) >= 11 is 0. The molecule has 2 unspecified atom stereocenters. The van der Waals surface area contributed by atoms with Crippen molar-refractivity contribution in [2.24, 2.45) is 7.05 Å². The lowest BCUT2D eigenvalue weighted by molar-refractivity contribution is 0.492. The van der Waals surface area contributed by atoms with E-state index in [1.807, 2.05) is 17.9 Å². The van der Waals surface area contributed by atoms with Crippen molar-refractivity contribution in [2.45, 2.75) is 46.7 Å². The summed E-state index contributed by atoms with van der Waals surface area (Å²) in [5, 5.41) is 7.98. The minimum atomic E-state index is 0.292. The van der Waals surface area contributed by atoms with Crippen molar-refractivity contribution in [3.63, 3.8) is 0 Å². The predicted molar refractivity (Wildman–Crippen MR) is 83.8 cm³/mol.